The summed E-state index contributed by atoms with van der Waals surface area (Å²) in [5, 5.41) is 14.8. The van der Waals surface area contributed by atoms with Gasteiger partial charge >= 0.3 is 5.97 Å². The molecular formula is C13H18ClN3O3. The Morgan fingerprint density at radius 1 is 1.35 bits per heavy atom. The molecule has 0 heterocycles. The molecule has 0 aromatic heterocycles. The van der Waals surface area contributed by atoms with E-state index in [1.165, 1.54) is 18.2 Å². The van der Waals surface area contributed by atoms with Gasteiger partial charge in [0, 0.05) is 13.1 Å². The van der Waals surface area contributed by atoms with Crippen LogP contribution in [0.4, 0.5) is 5.69 Å². The van der Waals surface area contributed by atoms with E-state index in [9.17, 15) is 9.59 Å². The first-order valence-corrected chi connectivity index (χ1v) is 6.46. The highest BCUT2D eigenvalue weighted by molar-refractivity contribution is 6.33. The van der Waals surface area contributed by atoms with E-state index in [1.54, 1.807) is 0 Å². The van der Waals surface area contributed by atoms with Crippen LogP contribution in [-0.4, -0.2) is 55.6 Å². The van der Waals surface area contributed by atoms with E-state index in [-0.39, 0.29) is 18.0 Å². The lowest BCUT2D eigenvalue weighted by Gasteiger charge is -2.11. The highest BCUT2D eigenvalue weighted by Crippen LogP contribution is 2.22. The predicted molar refractivity (Wildman–Crippen MR) is 78.5 cm³/mol. The van der Waals surface area contributed by atoms with Crippen molar-refractivity contribution in [1.82, 2.24) is 10.2 Å². The summed E-state index contributed by atoms with van der Waals surface area (Å²) in [6.07, 6.45) is 0. The normalized spacial score (nSPS) is 10.6. The van der Waals surface area contributed by atoms with E-state index >= 15 is 0 Å². The van der Waals surface area contributed by atoms with Crippen LogP contribution < -0.4 is 10.6 Å². The summed E-state index contributed by atoms with van der Waals surface area (Å²) in [4.78, 5) is 24.5. The van der Waals surface area contributed by atoms with Gasteiger partial charge in [-0.1, -0.05) is 11.6 Å². The Morgan fingerprint density at radius 2 is 2.05 bits per heavy atom. The summed E-state index contributed by atoms with van der Waals surface area (Å²) in [7, 11) is 3.89. The van der Waals surface area contributed by atoms with Crippen molar-refractivity contribution in [1.29, 1.82) is 0 Å². The molecule has 1 rings (SSSR count). The number of nitrogens with one attached hydrogen (secondary N) is 2. The van der Waals surface area contributed by atoms with Crippen LogP contribution in [0.3, 0.4) is 0 Å². The van der Waals surface area contributed by atoms with Crippen LogP contribution in [-0.2, 0) is 4.79 Å². The number of carbonyl (C=O) groups excluding carboxylic acids is 1. The molecular weight excluding hydrogens is 282 g/mol. The van der Waals surface area contributed by atoms with Gasteiger partial charge in [0.2, 0.25) is 5.91 Å². The summed E-state index contributed by atoms with van der Waals surface area (Å²) >= 11 is 5.91. The number of carbonyl (C=O) groups is 2. The Labute approximate surface area is 122 Å². The highest BCUT2D eigenvalue weighted by atomic mass is 35.5. The van der Waals surface area contributed by atoms with Crippen LogP contribution >= 0.6 is 11.6 Å². The number of benzene rings is 1. The van der Waals surface area contributed by atoms with Gasteiger partial charge in [-0.15, -0.1) is 0 Å². The van der Waals surface area contributed by atoms with Crippen molar-refractivity contribution in [3.05, 3.63) is 28.8 Å². The second kappa shape index (κ2) is 7.84. The van der Waals surface area contributed by atoms with Gasteiger partial charge in [-0.2, -0.15) is 0 Å². The summed E-state index contributed by atoms with van der Waals surface area (Å²) in [5.74, 6) is -1.34. The van der Waals surface area contributed by atoms with Crippen molar-refractivity contribution < 1.29 is 14.7 Å². The van der Waals surface area contributed by atoms with E-state index in [2.05, 4.69) is 10.6 Å². The first kappa shape index (κ1) is 16.4. The molecule has 0 aliphatic rings. The number of nitrogens with zero attached hydrogens (tertiary/aromatic N) is 1. The Hall–Kier alpha value is -1.63. The third kappa shape index (κ3) is 5.56. The van der Waals surface area contributed by atoms with Gasteiger partial charge in [0.15, 0.2) is 0 Å². The van der Waals surface area contributed by atoms with Crippen LogP contribution in [0.25, 0.3) is 0 Å². The molecule has 1 aromatic carbocycles. The number of aromatic carboxylic acids is 1. The summed E-state index contributed by atoms with van der Waals surface area (Å²) < 4.78 is 0. The van der Waals surface area contributed by atoms with Gasteiger partial charge < -0.3 is 20.6 Å². The van der Waals surface area contributed by atoms with Gasteiger partial charge in [-0.05, 0) is 32.3 Å². The zero-order valence-electron chi connectivity index (χ0n) is 11.4. The maximum atomic E-state index is 11.7. The van der Waals surface area contributed by atoms with Crippen LogP contribution in [0.2, 0.25) is 5.02 Å². The van der Waals surface area contributed by atoms with Crippen molar-refractivity contribution in [2.75, 3.05) is 39.0 Å². The smallest absolute Gasteiger partial charge is 0.335 e. The minimum Gasteiger partial charge on any atom is -0.478 e. The van der Waals surface area contributed by atoms with Gasteiger partial charge in [-0.3, -0.25) is 4.79 Å². The molecule has 1 amide bonds. The number of carboxylic acid groups (broad SMARTS) is 1. The molecule has 20 heavy (non-hydrogen) atoms. The average molecular weight is 300 g/mol. The van der Waals surface area contributed by atoms with Gasteiger partial charge in [-0.25, -0.2) is 4.79 Å². The number of anilines is 1. The Balaban J connectivity index is 2.53. The molecule has 3 N–H and O–H groups in total. The summed E-state index contributed by atoms with van der Waals surface area (Å²) in [5.41, 5.74) is 0.372. The van der Waals surface area contributed by atoms with Crippen molar-refractivity contribution in [3.8, 4) is 0 Å². The molecule has 0 saturated carbocycles. The molecule has 0 atom stereocenters. The van der Waals surface area contributed by atoms with Crippen molar-refractivity contribution >= 4 is 29.2 Å². The number of likely N-dealkylation sites (N-methyl/N-ethyl adjacent to an activating group) is 1. The Kier molecular flexibility index (Phi) is 6.44. The zero-order valence-corrected chi connectivity index (χ0v) is 12.2. The molecule has 0 unspecified atom stereocenters. The summed E-state index contributed by atoms with van der Waals surface area (Å²) in [6.45, 7) is 1.65. The first-order valence-electron chi connectivity index (χ1n) is 6.08. The van der Waals surface area contributed by atoms with Gasteiger partial charge in [0.1, 0.15) is 0 Å². The van der Waals surface area contributed by atoms with Crippen LogP contribution in [0.15, 0.2) is 18.2 Å². The molecule has 0 fully saturated rings. The van der Waals surface area contributed by atoms with Crippen LogP contribution in [0.1, 0.15) is 10.4 Å². The van der Waals surface area contributed by atoms with E-state index in [0.717, 1.165) is 6.54 Å². The molecule has 0 saturated heterocycles. The number of hydrogen-bond acceptors (Lipinski definition) is 4. The van der Waals surface area contributed by atoms with Crippen molar-refractivity contribution in [3.63, 3.8) is 0 Å². The lowest BCUT2D eigenvalue weighted by Crippen LogP contribution is -2.33. The van der Waals surface area contributed by atoms with E-state index in [1.807, 2.05) is 19.0 Å². The monoisotopic (exact) mass is 299 g/mol. The topological polar surface area (TPSA) is 81.7 Å². The fourth-order valence-electron chi connectivity index (χ4n) is 1.45. The maximum absolute atomic E-state index is 11.7. The molecule has 0 aliphatic heterocycles. The van der Waals surface area contributed by atoms with Gasteiger partial charge in [0.05, 0.1) is 22.8 Å². The molecule has 110 valence electrons. The molecule has 6 nitrogen and oxygen atoms in total. The SMILES string of the molecule is CN(C)CCNCC(=O)Nc1cc(C(=O)O)ccc1Cl. The quantitative estimate of drug-likeness (QED) is 0.658. The molecule has 0 bridgehead atoms. The Morgan fingerprint density at radius 3 is 2.65 bits per heavy atom. The number of amides is 1. The third-order valence-corrected chi connectivity index (χ3v) is 2.84. The molecule has 7 heteroatoms. The maximum Gasteiger partial charge on any atom is 0.335 e. The average Bonchev–Trinajstić information content (AvgIpc) is 2.37. The summed E-state index contributed by atoms with van der Waals surface area (Å²) in [6, 6.07) is 4.16. The number of carboxylic acids is 1. The Bertz CT molecular complexity index is 492. The second-order valence-electron chi connectivity index (χ2n) is 4.53. The van der Waals surface area contributed by atoms with Crippen molar-refractivity contribution in [2.45, 2.75) is 0 Å². The lowest BCUT2D eigenvalue weighted by molar-refractivity contribution is -0.115. The fourth-order valence-corrected chi connectivity index (χ4v) is 1.62. The minimum atomic E-state index is -1.07. The number of hydrogen-bond donors (Lipinski definition) is 3. The molecule has 0 spiro atoms. The largest absolute Gasteiger partial charge is 0.478 e. The van der Waals surface area contributed by atoms with E-state index in [0.29, 0.717) is 17.3 Å². The second-order valence-corrected chi connectivity index (χ2v) is 4.94. The lowest BCUT2D eigenvalue weighted by atomic mass is 10.2. The zero-order chi connectivity index (χ0) is 15.1. The fraction of sp³-hybridized carbons (Fsp3) is 0.385. The van der Waals surface area contributed by atoms with Crippen LogP contribution in [0, 0.1) is 0 Å². The predicted octanol–water partition coefficient (Wildman–Crippen LogP) is 1.13. The third-order valence-electron chi connectivity index (χ3n) is 2.51. The van der Waals surface area contributed by atoms with E-state index in [4.69, 9.17) is 16.7 Å². The molecule has 1 aromatic rings. The number of halogens is 1. The minimum absolute atomic E-state index is 0.0743. The van der Waals surface area contributed by atoms with E-state index < -0.39 is 5.97 Å². The van der Waals surface area contributed by atoms with Gasteiger partial charge in [0.25, 0.3) is 0 Å². The molecule has 0 aliphatic carbocycles. The highest BCUT2D eigenvalue weighted by Gasteiger charge is 2.09. The first-order chi connectivity index (χ1) is 9.40. The number of rotatable bonds is 7. The molecule has 0 radical (unpaired) electrons. The standard InChI is InChI=1S/C13H18ClN3O3/c1-17(2)6-5-15-8-12(18)16-11-7-9(13(19)20)3-4-10(11)14/h3-4,7,15H,5-6,8H2,1-2H3,(H,16,18)(H,19,20). The van der Waals surface area contributed by atoms with Crippen molar-refractivity contribution in [2.24, 2.45) is 0 Å². The van der Waals surface area contributed by atoms with Crippen LogP contribution in [0.5, 0.6) is 0 Å².